The summed E-state index contributed by atoms with van der Waals surface area (Å²) in [6, 6.07) is 0.343. The molecular formula is C10H23NO. The first-order chi connectivity index (χ1) is 5.68. The van der Waals surface area contributed by atoms with Crippen molar-refractivity contribution >= 4 is 0 Å². The maximum Gasteiger partial charge on any atom is 0.0466 e. The van der Waals surface area contributed by atoms with Gasteiger partial charge in [0.05, 0.1) is 0 Å². The number of nitrogens with two attached hydrogens (primary N) is 1. The molecule has 2 nitrogen and oxygen atoms in total. The lowest BCUT2D eigenvalue weighted by Gasteiger charge is -2.14. The Balaban J connectivity index is 3.08. The molecule has 0 aliphatic carbocycles. The molecule has 0 aromatic heterocycles. The molecule has 0 amide bonds. The molecule has 0 heterocycles. The summed E-state index contributed by atoms with van der Waals surface area (Å²) in [7, 11) is 0. The Morgan fingerprint density at radius 1 is 1.25 bits per heavy atom. The summed E-state index contributed by atoms with van der Waals surface area (Å²) in [4.78, 5) is 0. The van der Waals surface area contributed by atoms with Gasteiger partial charge in [0.15, 0.2) is 0 Å². The lowest BCUT2D eigenvalue weighted by atomic mass is 10.0. The van der Waals surface area contributed by atoms with E-state index >= 15 is 0 Å². The van der Waals surface area contributed by atoms with Crippen LogP contribution in [0.3, 0.4) is 0 Å². The van der Waals surface area contributed by atoms with E-state index in [-0.39, 0.29) is 0 Å². The van der Waals surface area contributed by atoms with E-state index in [1.165, 1.54) is 0 Å². The molecule has 2 N–H and O–H groups in total. The third-order valence-electron chi connectivity index (χ3n) is 2.03. The minimum Gasteiger partial charge on any atom is -0.381 e. The van der Waals surface area contributed by atoms with Gasteiger partial charge in [0.2, 0.25) is 0 Å². The molecule has 0 spiro atoms. The first-order valence-corrected chi connectivity index (χ1v) is 5.01. The highest BCUT2D eigenvalue weighted by molar-refractivity contribution is 4.64. The second kappa shape index (κ2) is 7.56. The van der Waals surface area contributed by atoms with Crippen LogP contribution < -0.4 is 5.73 Å². The van der Waals surface area contributed by atoms with E-state index in [1.54, 1.807) is 0 Å². The molecule has 0 saturated heterocycles. The van der Waals surface area contributed by atoms with Crippen LogP contribution in [0.1, 0.15) is 40.0 Å². The summed E-state index contributed by atoms with van der Waals surface area (Å²) in [5.41, 5.74) is 5.88. The van der Waals surface area contributed by atoms with E-state index < -0.39 is 0 Å². The van der Waals surface area contributed by atoms with Crippen LogP contribution in [-0.4, -0.2) is 19.3 Å². The average Bonchev–Trinajstić information content (AvgIpc) is 2.03. The quantitative estimate of drug-likeness (QED) is 0.599. The van der Waals surface area contributed by atoms with Gasteiger partial charge in [-0.05, 0) is 25.2 Å². The molecule has 0 fully saturated rings. The highest BCUT2D eigenvalue weighted by Crippen LogP contribution is 2.05. The Labute approximate surface area is 76.5 Å². The van der Waals surface area contributed by atoms with Crippen LogP contribution in [-0.2, 0) is 4.74 Å². The Morgan fingerprint density at radius 2 is 1.92 bits per heavy atom. The molecule has 0 aliphatic rings. The third kappa shape index (κ3) is 6.62. The molecule has 2 heteroatoms. The summed E-state index contributed by atoms with van der Waals surface area (Å²) in [5, 5.41) is 0. The van der Waals surface area contributed by atoms with Crippen LogP contribution in [0.15, 0.2) is 0 Å². The van der Waals surface area contributed by atoms with Crippen molar-refractivity contribution < 1.29 is 4.74 Å². The van der Waals surface area contributed by atoms with Crippen LogP contribution in [0.25, 0.3) is 0 Å². The number of rotatable bonds is 7. The normalized spacial score (nSPS) is 13.8. The molecule has 0 aromatic rings. The zero-order chi connectivity index (χ0) is 9.40. The predicted octanol–water partition coefficient (Wildman–Crippen LogP) is 2.18. The van der Waals surface area contributed by atoms with Crippen molar-refractivity contribution in [3.05, 3.63) is 0 Å². The van der Waals surface area contributed by atoms with E-state index in [0.29, 0.717) is 12.0 Å². The van der Waals surface area contributed by atoms with E-state index in [1.807, 2.05) is 0 Å². The maximum absolute atomic E-state index is 5.88. The minimum absolute atomic E-state index is 0.343. The van der Waals surface area contributed by atoms with Crippen LogP contribution in [0, 0.1) is 5.92 Å². The Hall–Kier alpha value is -0.0800. The van der Waals surface area contributed by atoms with Gasteiger partial charge in [-0.25, -0.2) is 0 Å². The van der Waals surface area contributed by atoms with E-state index in [4.69, 9.17) is 10.5 Å². The molecule has 0 radical (unpaired) electrons. The van der Waals surface area contributed by atoms with Crippen molar-refractivity contribution in [2.45, 2.75) is 46.1 Å². The first kappa shape index (κ1) is 11.9. The van der Waals surface area contributed by atoms with Crippen molar-refractivity contribution in [3.63, 3.8) is 0 Å². The van der Waals surface area contributed by atoms with Gasteiger partial charge in [0.1, 0.15) is 0 Å². The molecule has 0 saturated carbocycles. The third-order valence-corrected chi connectivity index (χ3v) is 2.03. The fourth-order valence-electron chi connectivity index (χ4n) is 1.00. The first-order valence-electron chi connectivity index (χ1n) is 5.01. The van der Waals surface area contributed by atoms with Crippen molar-refractivity contribution in [1.82, 2.24) is 0 Å². The van der Waals surface area contributed by atoms with E-state index in [9.17, 15) is 0 Å². The smallest absolute Gasteiger partial charge is 0.0466 e. The van der Waals surface area contributed by atoms with Crippen molar-refractivity contribution in [2.24, 2.45) is 11.7 Å². The molecule has 0 bridgehead atoms. The summed E-state index contributed by atoms with van der Waals surface area (Å²) >= 11 is 0. The van der Waals surface area contributed by atoms with Gasteiger partial charge >= 0.3 is 0 Å². The summed E-state index contributed by atoms with van der Waals surface area (Å²) in [5.74, 6) is 0.594. The SMILES string of the molecule is CCCOCCCC(N)C(C)C. The van der Waals surface area contributed by atoms with Gasteiger partial charge in [-0.15, -0.1) is 0 Å². The molecule has 0 aliphatic heterocycles. The standard InChI is InChI=1S/C10H23NO/c1-4-7-12-8-5-6-10(11)9(2)3/h9-10H,4-8,11H2,1-3H3. The zero-order valence-electron chi connectivity index (χ0n) is 8.68. The fraction of sp³-hybridized carbons (Fsp3) is 1.00. The van der Waals surface area contributed by atoms with Crippen molar-refractivity contribution in [3.8, 4) is 0 Å². The van der Waals surface area contributed by atoms with Crippen LogP contribution >= 0.6 is 0 Å². The van der Waals surface area contributed by atoms with Gasteiger partial charge in [-0.3, -0.25) is 0 Å². The predicted molar refractivity (Wildman–Crippen MR) is 53.2 cm³/mol. The molecular weight excluding hydrogens is 150 g/mol. The Bertz CT molecular complexity index is 93.8. The van der Waals surface area contributed by atoms with Gasteiger partial charge in [0.25, 0.3) is 0 Å². The number of hydrogen-bond acceptors (Lipinski definition) is 2. The topological polar surface area (TPSA) is 35.2 Å². The largest absolute Gasteiger partial charge is 0.381 e. The molecule has 0 aromatic carbocycles. The summed E-state index contributed by atoms with van der Waals surface area (Å²) in [6.45, 7) is 8.21. The highest BCUT2D eigenvalue weighted by Gasteiger charge is 2.05. The lowest BCUT2D eigenvalue weighted by molar-refractivity contribution is 0.128. The average molecular weight is 173 g/mol. The minimum atomic E-state index is 0.343. The Morgan fingerprint density at radius 3 is 2.42 bits per heavy atom. The van der Waals surface area contributed by atoms with Crippen molar-refractivity contribution in [2.75, 3.05) is 13.2 Å². The maximum atomic E-state index is 5.88. The zero-order valence-corrected chi connectivity index (χ0v) is 8.68. The van der Waals surface area contributed by atoms with Crippen molar-refractivity contribution in [1.29, 1.82) is 0 Å². The monoisotopic (exact) mass is 173 g/mol. The van der Waals surface area contributed by atoms with Crippen LogP contribution in [0.5, 0.6) is 0 Å². The van der Waals surface area contributed by atoms with Gasteiger partial charge in [-0.2, -0.15) is 0 Å². The lowest BCUT2D eigenvalue weighted by Crippen LogP contribution is -2.26. The van der Waals surface area contributed by atoms with E-state index in [0.717, 1.165) is 32.5 Å². The number of hydrogen-bond donors (Lipinski definition) is 1. The van der Waals surface area contributed by atoms with Gasteiger partial charge < -0.3 is 10.5 Å². The summed E-state index contributed by atoms with van der Waals surface area (Å²) in [6.07, 6.45) is 3.29. The van der Waals surface area contributed by atoms with Crippen LogP contribution in [0.4, 0.5) is 0 Å². The van der Waals surface area contributed by atoms with Gasteiger partial charge in [-0.1, -0.05) is 20.8 Å². The molecule has 12 heavy (non-hydrogen) atoms. The Kier molecular flexibility index (Phi) is 7.51. The fourth-order valence-corrected chi connectivity index (χ4v) is 1.00. The van der Waals surface area contributed by atoms with Gasteiger partial charge in [0, 0.05) is 19.3 Å². The molecule has 74 valence electrons. The second-order valence-corrected chi connectivity index (χ2v) is 3.66. The van der Waals surface area contributed by atoms with Crippen LogP contribution in [0.2, 0.25) is 0 Å². The summed E-state index contributed by atoms with van der Waals surface area (Å²) < 4.78 is 5.36. The second-order valence-electron chi connectivity index (χ2n) is 3.66. The number of ether oxygens (including phenoxy) is 1. The van der Waals surface area contributed by atoms with E-state index in [2.05, 4.69) is 20.8 Å². The molecule has 1 unspecified atom stereocenters. The molecule has 0 rings (SSSR count). The highest BCUT2D eigenvalue weighted by atomic mass is 16.5. The molecule has 1 atom stereocenters.